The molecule has 3 N–H and O–H groups in total. The van der Waals surface area contributed by atoms with Crippen molar-refractivity contribution in [3.63, 3.8) is 0 Å². The first-order valence-electron chi connectivity index (χ1n) is 9.06. The average molecular weight is 367 g/mol. The molecule has 0 heterocycles. The lowest BCUT2D eigenvalue weighted by Crippen LogP contribution is -2.41. The van der Waals surface area contributed by atoms with Crippen molar-refractivity contribution < 1.29 is 13.9 Å². The van der Waals surface area contributed by atoms with Crippen LogP contribution in [-0.4, -0.2) is 42.4 Å². The van der Waals surface area contributed by atoms with E-state index in [-0.39, 0.29) is 43.4 Å². The highest BCUT2D eigenvalue weighted by atomic mass is 19.3. The Hall–Kier alpha value is -2.01. The maximum Gasteiger partial charge on any atom is 0.248 e. The number of hydrogen-bond acceptors (Lipinski definition) is 4. The Bertz CT molecular complexity index is 601. The first kappa shape index (κ1) is 20.3. The molecule has 0 unspecified atom stereocenters. The quantitative estimate of drug-likeness (QED) is 0.396. The summed E-state index contributed by atoms with van der Waals surface area (Å²) in [5, 5.41) is 25.0. The van der Waals surface area contributed by atoms with Gasteiger partial charge >= 0.3 is 0 Å². The minimum Gasteiger partial charge on any atom is -0.396 e. The number of rotatable bonds is 5. The lowest BCUT2D eigenvalue weighted by molar-refractivity contribution is -0.0373. The number of aliphatic hydroxyl groups excluding tert-OH is 1. The standard InChI is InChI=1S/C18H27F2N5O/c1-12(10-21)16(24-15-5-3-4-13(15)11-26)25-17(22-2)23-14-6-8-18(19,20)9-7-14/h13-15,24,26H,2-9,11H2,1H3,(H,23,25)/b16-12+/t13-,15-/m1/s1. The van der Waals surface area contributed by atoms with Crippen LogP contribution in [0.2, 0.25) is 0 Å². The van der Waals surface area contributed by atoms with Gasteiger partial charge in [0.15, 0.2) is 0 Å². The van der Waals surface area contributed by atoms with E-state index < -0.39 is 5.92 Å². The van der Waals surface area contributed by atoms with E-state index in [4.69, 9.17) is 0 Å². The Morgan fingerprint density at radius 2 is 2.00 bits per heavy atom. The predicted octanol–water partition coefficient (Wildman–Crippen LogP) is 2.72. The van der Waals surface area contributed by atoms with E-state index in [1.807, 2.05) is 0 Å². The van der Waals surface area contributed by atoms with E-state index >= 15 is 0 Å². The molecule has 0 aromatic rings. The smallest absolute Gasteiger partial charge is 0.248 e. The van der Waals surface area contributed by atoms with Gasteiger partial charge in [0.1, 0.15) is 5.82 Å². The van der Waals surface area contributed by atoms with Crippen molar-refractivity contribution in [1.82, 2.24) is 10.6 Å². The number of nitrogens with zero attached hydrogens (tertiary/aromatic N) is 3. The summed E-state index contributed by atoms with van der Waals surface area (Å²) in [5.74, 6) is -1.77. The van der Waals surface area contributed by atoms with Gasteiger partial charge in [-0.05, 0) is 39.3 Å². The average Bonchev–Trinajstić information content (AvgIpc) is 3.08. The fraction of sp³-hybridized carbons (Fsp3) is 0.722. The summed E-state index contributed by atoms with van der Waals surface area (Å²) in [7, 11) is 0. The van der Waals surface area contributed by atoms with Gasteiger partial charge < -0.3 is 15.7 Å². The minimum absolute atomic E-state index is 0.0604. The van der Waals surface area contributed by atoms with Gasteiger partial charge in [0.2, 0.25) is 11.9 Å². The van der Waals surface area contributed by atoms with Crippen LogP contribution in [0.15, 0.2) is 21.4 Å². The second-order valence-corrected chi connectivity index (χ2v) is 7.06. The fourth-order valence-corrected chi connectivity index (χ4v) is 3.48. The van der Waals surface area contributed by atoms with Crippen molar-refractivity contribution in [3.8, 4) is 6.07 Å². The van der Waals surface area contributed by atoms with E-state index in [9.17, 15) is 19.1 Å². The highest BCUT2D eigenvalue weighted by molar-refractivity contribution is 5.85. The van der Waals surface area contributed by atoms with E-state index in [0.29, 0.717) is 24.2 Å². The van der Waals surface area contributed by atoms with Crippen LogP contribution in [-0.2, 0) is 0 Å². The molecule has 6 nitrogen and oxygen atoms in total. The summed E-state index contributed by atoms with van der Waals surface area (Å²) in [6.45, 7) is 5.25. The Balaban J connectivity index is 2.07. The van der Waals surface area contributed by atoms with Gasteiger partial charge in [-0.3, -0.25) is 0 Å². The van der Waals surface area contributed by atoms with Crippen LogP contribution < -0.4 is 10.6 Å². The van der Waals surface area contributed by atoms with Crippen molar-refractivity contribution in [1.29, 1.82) is 5.26 Å². The first-order chi connectivity index (χ1) is 12.4. The maximum atomic E-state index is 13.3. The molecule has 0 aromatic carbocycles. The molecule has 0 spiro atoms. The Morgan fingerprint density at radius 3 is 2.58 bits per heavy atom. The Labute approximate surface area is 153 Å². The second-order valence-electron chi connectivity index (χ2n) is 7.06. The first-order valence-corrected chi connectivity index (χ1v) is 9.06. The van der Waals surface area contributed by atoms with Crippen LogP contribution in [0.5, 0.6) is 0 Å². The van der Waals surface area contributed by atoms with Crippen LogP contribution in [0.4, 0.5) is 8.78 Å². The van der Waals surface area contributed by atoms with E-state index in [1.54, 1.807) is 6.92 Å². The molecule has 0 amide bonds. The van der Waals surface area contributed by atoms with Gasteiger partial charge in [-0.1, -0.05) is 6.42 Å². The van der Waals surface area contributed by atoms with Crippen LogP contribution >= 0.6 is 0 Å². The van der Waals surface area contributed by atoms with Crippen molar-refractivity contribution in [2.75, 3.05) is 6.61 Å². The SMILES string of the molecule is C=NC(=NC1CCC(F)(F)CC1)N/C(N[C@@H]1CCC[C@@H]1CO)=C(\C)C#N. The van der Waals surface area contributed by atoms with Gasteiger partial charge in [0.25, 0.3) is 0 Å². The molecule has 2 fully saturated rings. The lowest BCUT2D eigenvalue weighted by Gasteiger charge is -2.27. The molecule has 2 aliphatic carbocycles. The lowest BCUT2D eigenvalue weighted by atomic mass is 9.93. The summed E-state index contributed by atoms with van der Waals surface area (Å²) >= 11 is 0. The number of allylic oxidation sites excluding steroid dienone is 1. The van der Waals surface area contributed by atoms with Crippen molar-refractivity contribution >= 4 is 12.7 Å². The van der Waals surface area contributed by atoms with Gasteiger partial charge in [-0.25, -0.2) is 18.8 Å². The summed E-state index contributed by atoms with van der Waals surface area (Å²) in [5.41, 5.74) is 0.431. The zero-order valence-corrected chi connectivity index (χ0v) is 15.1. The summed E-state index contributed by atoms with van der Waals surface area (Å²) < 4.78 is 26.6. The van der Waals surface area contributed by atoms with Gasteiger partial charge in [-0.15, -0.1) is 0 Å². The largest absolute Gasteiger partial charge is 0.396 e. The monoisotopic (exact) mass is 367 g/mol. The van der Waals surface area contributed by atoms with Gasteiger partial charge in [0.05, 0.1) is 17.7 Å². The van der Waals surface area contributed by atoms with Crippen LogP contribution in [0.3, 0.4) is 0 Å². The molecular formula is C18H27F2N5O. The zero-order valence-electron chi connectivity index (χ0n) is 15.1. The van der Waals surface area contributed by atoms with E-state index in [2.05, 4.69) is 33.4 Å². The molecule has 2 atom stereocenters. The van der Waals surface area contributed by atoms with Crippen molar-refractivity contribution in [2.24, 2.45) is 15.9 Å². The third-order valence-corrected chi connectivity index (χ3v) is 5.14. The number of hydrogen-bond donors (Lipinski definition) is 3. The molecule has 2 aliphatic rings. The number of aliphatic imine (C=N–C) groups is 2. The Kier molecular flexibility index (Phi) is 7.09. The van der Waals surface area contributed by atoms with E-state index in [0.717, 1.165) is 19.3 Å². The zero-order chi connectivity index (χ0) is 19.2. The molecule has 8 heteroatoms. The number of nitriles is 1. The number of nitrogens with one attached hydrogen (secondary N) is 2. The number of aliphatic hydroxyl groups is 1. The number of alkyl halides is 2. The molecule has 0 bridgehead atoms. The van der Waals surface area contributed by atoms with Crippen LogP contribution in [0, 0.1) is 17.2 Å². The highest BCUT2D eigenvalue weighted by Crippen LogP contribution is 2.34. The Morgan fingerprint density at radius 1 is 1.31 bits per heavy atom. The molecule has 144 valence electrons. The van der Waals surface area contributed by atoms with Crippen molar-refractivity contribution in [2.45, 2.75) is 69.9 Å². The molecule has 0 radical (unpaired) electrons. The summed E-state index contributed by atoms with van der Waals surface area (Å²) in [4.78, 5) is 8.26. The van der Waals surface area contributed by atoms with Crippen LogP contribution in [0.25, 0.3) is 0 Å². The summed E-state index contributed by atoms with van der Waals surface area (Å²) in [6.07, 6.45) is 3.09. The highest BCUT2D eigenvalue weighted by Gasteiger charge is 2.35. The molecule has 0 saturated heterocycles. The topological polar surface area (TPSA) is 92.8 Å². The summed E-state index contributed by atoms with van der Waals surface area (Å²) in [6, 6.07) is 1.92. The minimum atomic E-state index is -2.60. The maximum absolute atomic E-state index is 13.3. The number of guanidine groups is 1. The third-order valence-electron chi connectivity index (χ3n) is 5.14. The molecule has 0 aromatic heterocycles. The molecule has 2 rings (SSSR count). The third kappa shape index (κ3) is 5.49. The van der Waals surface area contributed by atoms with Gasteiger partial charge in [0, 0.05) is 31.4 Å². The van der Waals surface area contributed by atoms with Gasteiger partial charge in [-0.2, -0.15) is 5.26 Å². The molecule has 0 aliphatic heterocycles. The number of halogens is 2. The van der Waals surface area contributed by atoms with Crippen molar-refractivity contribution in [3.05, 3.63) is 11.4 Å². The normalized spacial score (nSPS) is 27.4. The molecular weight excluding hydrogens is 340 g/mol. The van der Waals surface area contributed by atoms with E-state index in [1.165, 1.54) is 0 Å². The fourth-order valence-electron chi connectivity index (χ4n) is 3.48. The van der Waals surface area contributed by atoms with Crippen LogP contribution in [0.1, 0.15) is 51.9 Å². The predicted molar refractivity (Wildman–Crippen MR) is 97.0 cm³/mol. The molecule has 2 saturated carbocycles. The molecule has 26 heavy (non-hydrogen) atoms. The second kappa shape index (κ2) is 9.08.